The van der Waals surface area contributed by atoms with Crippen molar-refractivity contribution >= 4 is 5.97 Å². The van der Waals surface area contributed by atoms with E-state index in [0.717, 1.165) is 0 Å². The fourth-order valence-electron chi connectivity index (χ4n) is 2.89. The molecule has 0 amide bonds. The van der Waals surface area contributed by atoms with Gasteiger partial charge in [0.15, 0.2) is 0 Å². The van der Waals surface area contributed by atoms with Gasteiger partial charge in [-0.2, -0.15) is 0 Å². The van der Waals surface area contributed by atoms with E-state index in [2.05, 4.69) is 0 Å². The zero-order valence-electron chi connectivity index (χ0n) is 12.7. The van der Waals surface area contributed by atoms with Crippen LogP contribution in [-0.2, 0) is 9.47 Å². The summed E-state index contributed by atoms with van der Waals surface area (Å²) >= 11 is 0. The molecular formula is C16H24N2O3. The Hall–Kier alpha value is -1.43. The monoisotopic (exact) mass is 292 g/mol. The molecule has 1 aliphatic heterocycles. The summed E-state index contributed by atoms with van der Waals surface area (Å²) in [4.78, 5) is 12.2. The van der Waals surface area contributed by atoms with Gasteiger partial charge in [-0.1, -0.05) is 32.0 Å². The summed E-state index contributed by atoms with van der Waals surface area (Å²) in [5, 5.41) is 0. The molecule has 1 fully saturated rings. The number of rotatable bonds is 3. The number of esters is 1. The number of ether oxygens (including phenoxy) is 2. The number of nitrogens with two attached hydrogens (primary N) is 2. The highest BCUT2D eigenvalue weighted by atomic mass is 16.6. The highest BCUT2D eigenvalue weighted by Crippen LogP contribution is 2.33. The van der Waals surface area contributed by atoms with Gasteiger partial charge in [0, 0.05) is 5.92 Å². The molecule has 116 valence electrons. The molecule has 0 aromatic heterocycles. The largest absolute Gasteiger partial charge is 0.456 e. The van der Waals surface area contributed by atoms with Crippen LogP contribution in [0.4, 0.5) is 0 Å². The molecule has 2 rings (SSSR count). The first kappa shape index (κ1) is 15.9. The number of carbonyl (C=O) groups is 1. The molecule has 5 nitrogen and oxygen atoms in total. The second kappa shape index (κ2) is 6.56. The van der Waals surface area contributed by atoms with E-state index in [0.29, 0.717) is 5.56 Å². The van der Waals surface area contributed by atoms with Crippen LogP contribution in [0.1, 0.15) is 31.1 Å². The molecule has 1 aliphatic rings. The Morgan fingerprint density at radius 3 is 2.33 bits per heavy atom. The Kier molecular flexibility index (Phi) is 4.98. The van der Waals surface area contributed by atoms with E-state index >= 15 is 0 Å². The molecule has 5 atom stereocenters. The van der Waals surface area contributed by atoms with Gasteiger partial charge in [-0.05, 0) is 25.0 Å². The van der Waals surface area contributed by atoms with Crippen molar-refractivity contribution in [1.82, 2.24) is 0 Å². The summed E-state index contributed by atoms with van der Waals surface area (Å²) < 4.78 is 11.5. The standard InChI is InChI=1S/C16H24N2O3/c1-9-10(2)14(15(17)18)20-11(3)13(9)21-16(19)12-7-5-4-6-8-12/h4-11,13-15H,17-18H2,1-3H3. The van der Waals surface area contributed by atoms with Gasteiger partial charge in [-0.15, -0.1) is 0 Å². The van der Waals surface area contributed by atoms with Crippen molar-refractivity contribution in [3.8, 4) is 0 Å². The summed E-state index contributed by atoms with van der Waals surface area (Å²) in [6.07, 6.45) is -1.29. The lowest BCUT2D eigenvalue weighted by molar-refractivity contribution is -0.168. The van der Waals surface area contributed by atoms with Crippen LogP contribution in [0.15, 0.2) is 30.3 Å². The van der Waals surface area contributed by atoms with Crippen molar-refractivity contribution in [3.63, 3.8) is 0 Å². The third-order valence-electron chi connectivity index (χ3n) is 4.33. The molecule has 5 unspecified atom stereocenters. The Bertz CT molecular complexity index is 478. The van der Waals surface area contributed by atoms with Gasteiger partial charge in [-0.25, -0.2) is 4.79 Å². The summed E-state index contributed by atoms with van der Waals surface area (Å²) in [6.45, 7) is 5.96. The highest BCUT2D eigenvalue weighted by Gasteiger charge is 2.43. The van der Waals surface area contributed by atoms with Gasteiger partial charge in [0.25, 0.3) is 0 Å². The van der Waals surface area contributed by atoms with Crippen LogP contribution in [0.5, 0.6) is 0 Å². The Labute approximate surface area is 125 Å². The molecule has 0 aliphatic carbocycles. The van der Waals surface area contributed by atoms with Crippen LogP contribution in [0.3, 0.4) is 0 Å². The second-order valence-electron chi connectivity index (χ2n) is 5.84. The van der Waals surface area contributed by atoms with Gasteiger partial charge in [0.1, 0.15) is 6.10 Å². The maximum Gasteiger partial charge on any atom is 0.338 e. The third kappa shape index (κ3) is 3.43. The summed E-state index contributed by atoms with van der Waals surface area (Å²) in [6, 6.07) is 8.97. The van der Waals surface area contributed by atoms with E-state index in [9.17, 15) is 4.79 Å². The van der Waals surface area contributed by atoms with Gasteiger partial charge < -0.3 is 20.9 Å². The van der Waals surface area contributed by atoms with Crippen molar-refractivity contribution in [2.75, 3.05) is 0 Å². The van der Waals surface area contributed by atoms with Crippen LogP contribution >= 0.6 is 0 Å². The molecule has 0 radical (unpaired) electrons. The zero-order chi connectivity index (χ0) is 15.6. The summed E-state index contributed by atoms with van der Waals surface area (Å²) in [7, 11) is 0. The maximum atomic E-state index is 12.2. The van der Waals surface area contributed by atoms with Crippen molar-refractivity contribution in [2.24, 2.45) is 23.3 Å². The Balaban J connectivity index is 2.08. The zero-order valence-corrected chi connectivity index (χ0v) is 12.7. The van der Waals surface area contributed by atoms with E-state index < -0.39 is 6.17 Å². The maximum absolute atomic E-state index is 12.2. The normalized spacial score (nSPS) is 33.0. The lowest BCUT2D eigenvalue weighted by Crippen LogP contribution is -2.58. The van der Waals surface area contributed by atoms with Gasteiger partial charge in [0.05, 0.1) is 23.9 Å². The quantitative estimate of drug-likeness (QED) is 0.651. The van der Waals surface area contributed by atoms with Gasteiger partial charge >= 0.3 is 5.97 Å². The molecule has 1 saturated heterocycles. The molecular weight excluding hydrogens is 268 g/mol. The lowest BCUT2D eigenvalue weighted by Gasteiger charge is -2.44. The van der Waals surface area contributed by atoms with Crippen LogP contribution < -0.4 is 11.5 Å². The predicted octanol–water partition coefficient (Wildman–Crippen LogP) is 1.52. The van der Waals surface area contributed by atoms with Crippen LogP contribution in [0.2, 0.25) is 0 Å². The SMILES string of the molecule is CC1OC(C(N)N)C(C)C(C)C1OC(=O)c1ccccc1. The van der Waals surface area contributed by atoms with E-state index in [1.165, 1.54) is 0 Å². The topological polar surface area (TPSA) is 87.6 Å². The fourth-order valence-corrected chi connectivity index (χ4v) is 2.89. The Morgan fingerprint density at radius 1 is 1.14 bits per heavy atom. The Morgan fingerprint density at radius 2 is 1.76 bits per heavy atom. The molecule has 5 heteroatoms. The van der Waals surface area contributed by atoms with Crippen LogP contribution in [0.25, 0.3) is 0 Å². The lowest BCUT2D eigenvalue weighted by atomic mass is 9.80. The minimum absolute atomic E-state index is 0.120. The number of hydrogen-bond acceptors (Lipinski definition) is 5. The number of benzene rings is 1. The third-order valence-corrected chi connectivity index (χ3v) is 4.33. The second-order valence-corrected chi connectivity index (χ2v) is 5.84. The fraction of sp³-hybridized carbons (Fsp3) is 0.562. The van der Waals surface area contributed by atoms with E-state index in [-0.39, 0.29) is 36.1 Å². The van der Waals surface area contributed by atoms with Gasteiger partial charge in [-0.3, -0.25) is 0 Å². The number of hydrogen-bond donors (Lipinski definition) is 2. The number of carbonyl (C=O) groups excluding carboxylic acids is 1. The average molecular weight is 292 g/mol. The first-order valence-electron chi connectivity index (χ1n) is 7.34. The highest BCUT2D eigenvalue weighted by molar-refractivity contribution is 5.89. The van der Waals surface area contributed by atoms with Crippen molar-refractivity contribution in [3.05, 3.63) is 35.9 Å². The molecule has 1 aromatic carbocycles. The smallest absolute Gasteiger partial charge is 0.338 e. The van der Waals surface area contributed by atoms with Gasteiger partial charge in [0.2, 0.25) is 0 Å². The average Bonchev–Trinajstić information content (AvgIpc) is 2.47. The van der Waals surface area contributed by atoms with Crippen LogP contribution in [0, 0.1) is 11.8 Å². The molecule has 1 aromatic rings. The van der Waals surface area contributed by atoms with E-state index in [1.54, 1.807) is 12.1 Å². The van der Waals surface area contributed by atoms with E-state index in [1.807, 2.05) is 39.0 Å². The summed E-state index contributed by atoms with van der Waals surface area (Å²) in [5.41, 5.74) is 12.1. The molecule has 4 N–H and O–H groups in total. The minimum atomic E-state index is -0.532. The van der Waals surface area contributed by atoms with Crippen LogP contribution in [-0.4, -0.2) is 30.4 Å². The molecule has 0 bridgehead atoms. The summed E-state index contributed by atoms with van der Waals surface area (Å²) in [5.74, 6) is -0.0821. The molecule has 0 saturated carbocycles. The van der Waals surface area contributed by atoms with E-state index in [4.69, 9.17) is 20.9 Å². The first-order valence-corrected chi connectivity index (χ1v) is 7.34. The van der Waals surface area contributed by atoms with Crippen molar-refractivity contribution < 1.29 is 14.3 Å². The minimum Gasteiger partial charge on any atom is -0.456 e. The van der Waals surface area contributed by atoms with Crippen molar-refractivity contribution in [2.45, 2.75) is 45.2 Å². The van der Waals surface area contributed by atoms with Crippen molar-refractivity contribution in [1.29, 1.82) is 0 Å². The molecule has 1 heterocycles. The predicted molar refractivity (Wildman–Crippen MR) is 80.5 cm³/mol. The molecule has 21 heavy (non-hydrogen) atoms. The first-order chi connectivity index (χ1) is 9.91. The molecule has 0 spiro atoms.